The van der Waals surface area contributed by atoms with Crippen molar-refractivity contribution in [3.05, 3.63) is 137 Å². The van der Waals surface area contributed by atoms with Crippen LogP contribution in [-0.2, 0) is 6.61 Å². The van der Waals surface area contributed by atoms with E-state index in [4.69, 9.17) is 16.3 Å². The van der Waals surface area contributed by atoms with Gasteiger partial charge in [0.15, 0.2) is 5.15 Å². The fourth-order valence-corrected chi connectivity index (χ4v) is 4.21. The Labute approximate surface area is 208 Å². The van der Waals surface area contributed by atoms with E-state index in [1.807, 2.05) is 97.1 Å². The highest BCUT2D eigenvalue weighted by Gasteiger charge is 2.23. The maximum Gasteiger partial charge on any atom is 0.252 e. The molecule has 1 atom stereocenters. The minimum absolute atomic E-state index is 0.228. The van der Waals surface area contributed by atoms with Crippen molar-refractivity contribution in [1.82, 2.24) is 15.3 Å². The number of nitrogens with one attached hydrogen (secondary N) is 1. The molecule has 5 aromatic rings. The van der Waals surface area contributed by atoms with Gasteiger partial charge >= 0.3 is 0 Å². The molecule has 0 saturated carbocycles. The molecule has 6 heteroatoms. The summed E-state index contributed by atoms with van der Waals surface area (Å²) in [6.07, 6.45) is 3.09. The highest BCUT2D eigenvalue weighted by molar-refractivity contribution is 6.30. The van der Waals surface area contributed by atoms with Crippen LogP contribution in [0.3, 0.4) is 0 Å². The first kappa shape index (κ1) is 22.6. The lowest BCUT2D eigenvalue weighted by molar-refractivity contribution is 0.0944. The fourth-order valence-electron chi connectivity index (χ4n) is 3.99. The SMILES string of the molecule is O=C(NC(c1cccc(OCc2ccccc2)c1)c1nccnc1Cl)c1cccc2ccccc12. The summed E-state index contributed by atoms with van der Waals surface area (Å²) in [5, 5.41) is 5.21. The molecule has 5 rings (SSSR count). The second-order valence-corrected chi connectivity index (χ2v) is 8.37. The van der Waals surface area contributed by atoms with Gasteiger partial charge < -0.3 is 10.1 Å². The maximum absolute atomic E-state index is 13.5. The van der Waals surface area contributed by atoms with Crippen molar-refractivity contribution in [2.75, 3.05) is 0 Å². The van der Waals surface area contributed by atoms with E-state index in [2.05, 4.69) is 15.3 Å². The van der Waals surface area contributed by atoms with Crippen LogP contribution in [0.25, 0.3) is 10.8 Å². The summed E-state index contributed by atoms with van der Waals surface area (Å²) in [6, 6.07) is 30.4. The third-order valence-electron chi connectivity index (χ3n) is 5.70. The fraction of sp³-hybridized carbons (Fsp3) is 0.0690. The number of rotatable bonds is 7. The zero-order valence-electron chi connectivity index (χ0n) is 18.8. The van der Waals surface area contributed by atoms with Crippen LogP contribution >= 0.6 is 11.6 Å². The summed E-state index contributed by atoms with van der Waals surface area (Å²) in [5.41, 5.74) is 2.88. The second kappa shape index (κ2) is 10.4. The molecule has 4 aromatic carbocycles. The van der Waals surface area contributed by atoms with E-state index < -0.39 is 6.04 Å². The lowest BCUT2D eigenvalue weighted by Crippen LogP contribution is -2.30. The summed E-state index contributed by atoms with van der Waals surface area (Å²) in [7, 11) is 0. The van der Waals surface area contributed by atoms with Crippen molar-refractivity contribution in [1.29, 1.82) is 0 Å². The molecule has 0 bridgehead atoms. The van der Waals surface area contributed by atoms with Crippen LogP contribution in [0.4, 0.5) is 0 Å². The standard InChI is InChI=1S/C29H22ClN3O2/c30-28-27(31-16-17-32-28)26(33-29(34)25-15-7-11-21-10-4-5-14-24(21)25)22-12-6-13-23(18-22)35-19-20-8-2-1-3-9-20/h1-18,26H,19H2,(H,33,34). The number of fused-ring (bicyclic) bond motifs is 1. The van der Waals surface area contributed by atoms with Crippen LogP contribution < -0.4 is 10.1 Å². The van der Waals surface area contributed by atoms with E-state index >= 15 is 0 Å². The number of carbonyl (C=O) groups excluding carboxylic acids is 1. The predicted molar refractivity (Wildman–Crippen MR) is 138 cm³/mol. The predicted octanol–water partition coefficient (Wildman–Crippen LogP) is 6.38. The molecular weight excluding hydrogens is 458 g/mol. The maximum atomic E-state index is 13.5. The summed E-state index contributed by atoms with van der Waals surface area (Å²) >= 11 is 6.42. The van der Waals surface area contributed by atoms with Crippen LogP contribution in [-0.4, -0.2) is 15.9 Å². The van der Waals surface area contributed by atoms with Gasteiger partial charge in [-0.2, -0.15) is 0 Å². The number of aromatic nitrogens is 2. The van der Waals surface area contributed by atoms with Crippen LogP contribution in [0.2, 0.25) is 5.15 Å². The Balaban J connectivity index is 1.47. The number of carbonyl (C=O) groups is 1. The molecule has 0 aliphatic rings. The molecule has 0 fully saturated rings. The number of benzene rings is 4. The van der Waals surface area contributed by atoms with E-state index in [0.29, 0.717) is 23.6 Å². The second-order valence-electron chi connectivity index (χ2n) is 8.01. The average Bonchev–Trinajstić information content (AvgIpc) is 2.91. The van der Waals surface area contributed by atoms with Gasteiger partial charge in [0.25, 0.3) is 5.91 Å². The Hall–Kier alpha value is -4.22. The highest BCUT2D eigenvalue weighted by atomic mass is 35.5. The normalized spacial score (nSPS) is 11.7. The Bertz CT molecular complexity index is 1470. The van der Waals surface area contributed by atoms with Gasteiger partial charge in [-0.25, -0.2) is 4.98 Å². The molecule has 172 valence electrons. The molecule has 0 aliphatic heterocycles. The quantitative estimate of drug-likeness (QED) is 0.294. The number of ether oxygens (including phenoxy) is 1. The van der Waals surface area contributed by atoms with Gasteiger partial charge in [-0.05, 0) is 40.1 Å². The van der Waals surface area contributed by atoms with Crippen LogP contribution in [0.1, 0.15) is 33.2 Å². The molecule has 1 N–H and O–H groups in total. The molecule has 0 spiro atoms. The summed E-state index contributed by atoms with van der Waals surface area (Å²) in [6.45, 7) is 0.434. The van der Waals surface area contributed by atoms with Gasteiger partial charge in [0.2, 0.25) is 0 Å². The summed E-state index contributed by atoms with van der Waals surface area (Å²) in [4.78, 5) is 22.1. The Kier molecular flexibility index (Phi) is 6.68. The first-order chi connectivity index (χ1) is 17.2. The number of nitrogens with zero attached hydrogens (tertiary/aromatic N) is 2. The first-order valence-corrected chi connectivity index (χ1v) is 11.6. The number of amides is 1. The van der Waals surface area contributed by atoms with Gasteiger partial charge in [0, 0.05) is 18.0 Å². The summed E-state index contributed by atoms with van der Waals surface area (Å²) in [5.74, 6) is 0.444. The van der Waals surface area contributed by atoms with E-state index in [9.17, 15) is 4.79 Å². The van der Waals surface area contributed by atoms with E-state index in [1.54, 1.807) is 6.20 Å². The van der Waals surface area contributed by atoms with Gasteiger partial charge in [0.1, 0.15) is 24.1 Å². The number of halogens is 1. The third-order valence-corrected chi connectivity index (χ3v) is 5.99. The summed E-state index contributed by atoms with van der Waals surface area (Å²) < 4.78 is 6.01. The molecule has 35 heavy (non-hydrogen) atoms. The van der Waals surface area contributed by atoms with Gasteiger partial charge in [-0.1, -0.05) is 90.5 Å². The van der Waals surface area contributed by atoms with Crippen molar-refractivity contribution in [3.63, 3.8) is 0 Å². The monoisotopic (exact) mass is 479 g/mol. The van der Waals surface area contributed by atoms with E-state index in [-0.39, 0.29) is 11.1 Å². The average molecular weight is 480 g/mol. The third kappa shape index (κ3) is 5.15. The molecule has 1 heterocycles. The molecular formula is C29H22ClN3O2. The van der Waals surface area contributed by atoms with Crippen LogP contribution in [0.5, 0.6) is 5.75 Å². The van der Waals surface area contributed by atoms with Crippen molar-refractivity contribution >= 4 is 28.3 Å². The van der Waals surface area contributed by atoms with Crippen LogP contribution in [0, 0.1) is 0 Å². The van der Waals surface area contributed by atoms with E-state index in [1.165, 1.54) is 6.20 Å². The minimum Gasteiger partial charge on any atom is -0.489 e. The molecule has 0 aliphatic carbocycles. The van der Waals surface area contributed by atoms with Crippen molar-refractivity contribution < 1.29 is 9.53 Å². The van der Waals surface area contributed by atoms with Crippen molar-refractivity contribution in [2.45, 2.75) is 12.6 Å². The zero-order chi connectivity index (χ0) is 24.0. The molecule has 5 nitrogen and oxygen atoms in total. The topological polar surface area (TPSA) is 64.1 Å². The first-order valence-electron chi connectivity index (χ1n) is 11.2. The molecule has 1 aromatic heterocycles. The number of hydrogen-bond donors (Lipinski definition) is 1. The molecule has 0 saturated heterocycles. The molecule has 1 unspecified atom stereocenters. The van der Waals surface area contributed by atoms with Crippen molar-refractivity contribution in [2.24, 2.45) is 0 Å². The van der Waals surface area contributed by atoms with Gasteiger partial charge in [0.05, 0.1) is 0 Å². The van der Waals surface area contributed by atoms with Gasteiger partial charge in [-0.3, -0.25) is 9.78 Å². The highest BCUT2D eigenvalue weighted by Crippen LogP contribution is 2.29. The van der Waals surface area contributed by atoms with Gasteiger partial charge in [-0.15, -0.1) is 0 Å². The number of hydrogen-bond acceptors (Lipinski definition) is 4. The lowest BCUT2D eigenvalue weighted by Gasteiger charge is -2.21. The smallest absolute Gasteiger partial charge is 0.252 e. The Morgan fingerprint density at radius 3 is 2.46 bits per heavy atom. The molecule has 0 radical (unpaired) electrons. The van der Waals surface area contributed by atoms with Crippen molar-refractivity contribution in [3.8, 4) is 5.75 Å². The van der Waals surface area contributed by atoms with Crippen LogP contribution in [0.15, 0.2) is 109 Å². The minimum atomic E-state index is -0.622. The lowest BCUT2D eigenvalue weighted by atomic mass is 10.0. The Morgan fingerprint density at radius 2 is 1.60 bits per heavy atom. The zero-order valence-corrected chi connectivity index (χ0v) is 19.5. The Morgan fingerprint density at radius 1 is 0.857 bits per heavy atom. The van der Waals surface area contributed by atoms with E-state index in [0.717, 1.165) is 21.9 Å². The molecule has 1 amide bonds. The largest absolute Gasteiger partial charge is 0.489 e.